The van der Waals surface area contributed by atoms with Gasteiger partial charge in [-0.3, -0.25) is 4.79 Å². The lowest BCUT2D eigenvalue weighted by Crippen LogP contribution is -2.60. The summed E-state index contributed by atoms with van der Waals surface area (Å²) >= 11 is 0. The maximum absolute atomic E-state index is 12.9. The minimum Gasteiger partial charge on any atom is -0.394 e. The molecule has 1 amide bonds. The second kappa shape index (κ2) is 42.6. The maximum Gasteiger partial charge on any atom is 0.220 e. The molecule has 6 N–H and O–H groups in total. The molecular formula is C53H93NO8. The lowest BCUT2D eigenvalue weighted by molar-refractivity contribution is -0.302. The number of ether oxygens (including phenoxy) is 2. The van der Waals surface area contributed by atoms with Crippen molar-refractivity contribution in [2.24, 2.45) is 0 Å². The summed E-state index contributed by atoms with van der Waals surface area (Å²) < 4.78 is 11.2. The number of hydrogen-bond acceptors (Lipinski definition) is 8. The molecule has 1 saturated heterocycles. The molecular weight excluding hydrogens is 779 g/mol. The first kappa shape index (κ1) is 57.6. The van der Waals surface area contributed by atoms with Crippen LogP contribution in [-0.4, -0.2) is 87.5 Å². The molecule has 9 heteroatoms. The predicted octanol–water partition coefficient (Wildman–Crippen LogP) is 11.3. The number of unbranched alkanes of at least 4 members (excludes halogenated alkanes) is 19. The molecule has 0 saturated carbocycles. The first-order valence-corrected chi connectivity index (χ1v) is 25.1. The molecule has 0 aromatic heterocycles. The molecule has 0 aromatic carbocycles. The lowest BCUT2D eigenvalue weighted by Gasteiger charge is -2.40. The van der Waals surface area contributed by atoms with Crippen molar-refractivity contribution >= 4 is 5.91 Å². The van der Waals surface area contributed by atoms with Gasteiger partial charge in [0, 0.05) is 6.42 Å². The molecule has 0 aromatic rings. The zero-order chi connectivity index (χ0) is 45.1. The molecule has 1 fully saturated rings. The van der Waals surface area contributed by atoms with Gasteiger partial charge in [0.2, 0.25) is 5.91 Å². The second-order valence-corrected chi connectivity index (χ2v) is 17.2. The summed E-state index contributed by atoms with van der Waals surface area (Å²) in [5.41, 5.74) is 0. The Hall–Kier alpha value is -2.37. The Labute approximate surface area is 378 Å². The molecule has 0 spiro atoms. The minimum absolute atomic E-state index is 0.142. The SMILES string of the molecule is CC/C=C\C/C=C\C/C=C\C/C=C\C/C=C\C/C=C\CCCCCCCCCCCCCCCCC(=O)NC(COC1OC(CO)C(O)C(O)C1O)C(O)CCCCCCCC. The Kier molecular flexibility index (Phi) is 39.6. The van der Waals surface area contributed by atoms with Crippen molar-refractivity contribution in [1.29, 1.82) is 0 Å². The molecule has 1 aliphatic heterocycles. The highest BCUT2D eigenvalue weighted by Crippen LogP contribution is 2.23. The number of allylic oxidation sites excluding steroid dienone is 12. The molecule has 358 valence electrons. The van der Waals surface area contributed by atoms with Crippen LogP contribution in [0.5, 0.6) is 0 Å². The Balaban J connectivity index is 2.07. The largest absolute Gasteiger partial charge is 0.394 e. The van der Waals surface area contributed by atoms with Crippen molar-refractivity contribution in [2.45, 2.75) is 243 Å². The van der Waals surface area contributed by atoms with Crippen LogP contribution in [0.25, 0.3) is 0 Å². The third-order valence-electron chi connectivity index (χ3n) is 11.6. The highest BCUT2D eigenvalue weighted by Gasteiger charge is 2.44. The van der Waals surface area contributed by atoms with E-state index in [-0.39, 0.29) is 12.5 Å². The van der Waals surface area contributed by atoms with Crippen molar-refractivity contribution in [3.8, 4) is 0 Å². The van der Waals surface area contributed by atoms with Crippen LogP contribution < -0.4 is 5.32 Å². The van der Waals surface area contributed by atoms with Crippen LogP contribution in [0.2, 0.25) is 0 Å². The number of nitrogens with one attached hydrogen (secondary N) is 1. The van der Waals surface area contributed by atoms with Gasteiger partial charge >= 0.3 is 0 Å². The summed E-state index contributed by atoms with van der Waals surface area (Å²) in [7, 11) is 0. The molecule has 0 radical (unpaired) electrons. The summed E-state index contributed by atoms with van der Waals surface area (Å²) in [5.74, 6) is -0.153. The Morgan fingerprint density at radius 3 is 1.48 bits per heavy atom. The van der Waals surface area contributed by atoms with Gasteiger partial charge in [0.25, 0.3) is 0 Å². The fraction of sp³-hybridized carbons (Fsp3) is 0.755. The molecule has 62 heavy (non-hydrogen) atoms. The van der Waals surface area contributed by atoms with Crippen molar-refractivity contribution in [1.82, 2.24) is 5.32 Å². The predicted molar refractivity (Wildman–Crippen MR) is 258 cm³/mol. The highest BCUT2D eigenvalue weighted by atomic mass is 16.7. The molecule has 1 rings (SSSR count). The molecule has 0 bridgehead atoms. The highest BCUT2D eigenvalue weighted by molar-refractivity contribution is 5.76. The van der Waals surface area contributed by atoms with Gasteiger partial charge in [-0.25, -0.2) is 0 Å². The molecule has 7 atom stereocenters. The van der Waals surface area contributed by atoms with Gasteiger partial charge in [0.15, 0.2) is 6.29 Å². The molecule has 7 unspecified atom stereocenters. The van der Waals surface area contributed by atoms with E-state index in [9.17, 15) is 30.3 Å². The van der Waals surface area contributed by atoms with Crippen LogP contribution in [0, 0.1) is 0 Å². The number of carbonyl (C=O) groups excluding carboxylic acids is 1. The quantitative estimate of drug-likeness (QED) is 0.0263. The normalized spacial score (nSPS) is 20.9. The van der Waals surface area contributed by atoms with Crippen molar-refractivity contribution in [3.63, 3.8) is 0 Å². The van der Waals surface area contributed by atoms with Crippen LogP contribution in [-0.2, 0) is 14.3 Å². The third-order valence-corrected chi connectivity index (χ3v) is 11.6. The number of aliphatic hydroxyl groups is 5. The fourth-order valence-corrected chi connectivity index (χ4v) is 7.58. The van der Waals surface area contributed by atoms with Gasteiger partial charge in [-0.2, -0.15) is 0 Å². The summed E-state index contributed by atoms with van der Waals surface area (Å²) in [6.45, 7) is 3.64. The molecule has 9 nitrogen and oxygen atoms in total. The summed E-state index contributed by atoms with van der Waals surface area (Å²) in [5, 5.41) is 54.0. The lowest BCUT2D eigenvalue weighted by atomic mass is 9.99. The molecule has 1 heterocycles. The standard InChI is InChI=1S/C53H93NO8/c1-3-5-7-9-11-12-13-14-15-16-17-18-19-20-21-22-23-24-25-26-27-28-29-30-31-32-33-34-35-36-37-39-41-43-49(57)54-46(47(56)42-40-38-10-8-6-4-2)45-61-53-52(60)51(59)50(58)48(44-55)62-53/h5,7,11-12,14-15,17-18,20-21,23-24,46-48,50-53,55-56,58-60H,3-4,6,8-10,13,16,19,22,25-45H2,1-2H3,(H,54,57)/b7-5-,12-11-,15-14-,18-17-,21-20-,24-23-. The topological polar surface area (TPSA) is 149 Å². The monoisotopic (exact) mass is 872 g/mol. The minimum atomic E-state index is -1.55. The number of hydrogen-bond donors (Lipinski definition) is 6. The summed E-state index contributed by atoms with van der Waals surface area (Å²) in [6, 6.07) is -0.718. The van der Waals surface area contributed by atoms with Gasteiger partial charge in [-0.15, -0.1) is 0 Å². The van der Waals surface area contributed by atoms with Crippen LogP contribution in [0.15, 0.2) is 72.9 Å². The van der Waals surface area contributed by atoms with Gasteiger partial charge in [0.1, 0.15) is 24.4 Å². The first-order chi connectivity index (χ1) is 30.3. The van der Waals surface area contributed by atoms with Crippen LogP contribution >= 0.6 is 0 Å². The molecule has 0 aliphatic carbocycles. The van der Waals surface area contributed by atoms with E-state index in [1.807, 2.05) is 0 Å². The van der Waals surface area contributed by atoms with E-state index in [1.54, 1.807) is 0 Å². The average molecular weight is 872 g/mol. The van der Waals surface area contributed by atoms with Gasteiger partial charge < -0.3 is 40.3 Å². The van der Waals surface area contributed by atoms with Crippen LogP contribution in [0.3, 0.4) is 0 Å². The Morgan fingerprint density at radius 2 is 1.00 bits per heavy atom. The van der Waals surface area contributed by atoms with E-state index in [2.05, 4.69) is 92.1 Å². The average Bonchev–Trinajstić information content (AvgIpc) is 3.27. The fourth-order valence-electron chi connectivity index (χ4n) is 7.58. The number of aliphatic hydroxyl groups excluding tert-OH is 5. The number of carbonyl (C=O) groups is 1. The van der Waals surface area contributed by atoms with Gasteiger partial charge in [0.05, 0.1) is 25.4 Å². The van der Waals surface area contributed by atoms with Crippen molar-refractivity contribution in [2.75, 3.05) is 13.2 Å². The number of rotatable bonds is 41. The Morgan fingerprint density at radius 1 is 0.565 bits per heavy atom. The third kappa shape index (κ3) is 32.3. The first-order valence-electron chi connectivity index (χ1n) is 25.1. The van der Waals surface area contributed by atoms with Gasteiger partial charge in [-0.1, -0.05) is 202 Å². The second-order valence-electron chi connectivity index (χ2n) is 17.2. The van der Waals surface area contributed by atoms with Gasteiger partial charge in [-0.05, 0) is 64.2 Å². The van der Waals surface area contributed by atoms with Crippen LogP contribution in [0.4, 0.5) is 0 Å². The van der Waals surface area contributed by atoms with Crippen molar-refractivity contribution in [3.05, 3.63) is 72.9 Å². The zero-order valence-electron chi connectivity index (χ0n) is 39.4. The van der Waals surface area contributed by atoms with E-state index in [0.29, 0.717) is 12.8 Å². The Bertz CT molecular complexity index is 1200. The molecule has 1 aliphatic rings. The number of amides is 1. The van der Waals surface area contributed by atoms with E-state index in [0.717, 1.165) is 77.0 Å². The zero-order valence-corrected chi connectivity index (χ0v) is 39.4. The van der Waals surface area contributed by atoms with Crippen LogP contribution in [0.1, 0.15) is 200 Å². The summed E-state index contributed by atoms with van der Waals surface area (Å²) in [4.78, 5) is 12.9. The van der Waals surface area contributed by atoms with E-state index < -0.39 is 49.5 Å². The van der Waals surface area contributed by atoms with E-state index in [1.165, 1.54) is 96.3 Å². The maximum atomic E-state index is 12.9. The van der Waals surface area contributed by atoms with E-state index in [4.69, 9.17) is 9.47 Å². The van der Waals surface area contributed by atoms with Crippen molar-refractivity contribution < 1.29 is 39.8 Å². The van der Waals surface area contributed by atoms with E-state index >= 15 is 0 Å². The smallest absolute Gasteiger partial charge is 0.220 e. The summed E-state index contributed by atoms with van der Waals surface area (Å²) in [6.07, 6.45) is 51.1.